The number of rotatable bonds is 3. The van der Waals surface area contributed by atoms with Gasteiger partial charge in [-0.1, -0.05) is 0 Å². The smallest absolute Gasteiger partial charge is 0.147 e. The second kappa shape index (κ2) is 6.39. The van der Waals surface area contributed by atoms with Gasteiger partial charge in [-0.05, 0) is 37.0 Å². The predicted molar refractivity (Wildman–Crippen MR) is 84.2 cm³/mol. The maximum atomic E-state index is 14.1. The number of benzene rings is 1. The number of aliphatic hydroxyl groups is 1. The molecule has 1 aliphatic heterocycles. The zero-order chi connectivity index (χ0) is 16.4. The van der Waals surface area contributed by atoms with E-state index in [9.17, 15) is 9.50 Å². The Morgan fingerprint density at radius 2 is 2.13 bits per heavy atom. The fourth-order valence-corrected chi connectivity index (χ4v) is 3.16. The fourth-order valence-electron chi connectivity index (χ4n) is 3.16. The Morgan fingerprint density at radius 3 is 2.70 bits per heavy atom. The predicted octanol–water partition coefficient (Wildman–Crippen LogP) is 2.38. The summed E-state index contributed by atoms with van der Waals surface area (Å²) >= 11 is 0. The topological polar surface area (TPSA) is 65.1 Å². The van der Waals surface area contributed by atoms with Crippen LogP contribution in [0.3, 0.4) is 0 Å². The monoisotopic (exact) mass is 314 g/mol. The minimum Gasteiger partial charge on any atom is -0.385 e. The number of hydrogen-bond donors (Lipinski definition) is 1. The van der Waals surface area contributed by atoms with Crippen molar-refractivity contribution in [1.82, 2.24) is 9.55 Å². The molecule has 1 aliphatic rings. The van der Waals surface area contributed by atoms with E-state index in [1.807, 2.05) is 28.8 Å². The van der Waals surface area contributed by atoms with Gasteiger partial charge in [-0.25, -0.2) is 9.37 Å². The highest BCUT2D eigenvalue weighted by atomic mass is 19.1. The van der Waals surface area contributed by atoms with Gasteiger partial charge in [0.2, 0.25) is 0 Å². The highest BCUT2D eigenvalue weighted by molar-refractivity contribution is 5.51. The van der Waals surface area contributed by atoms with Crippen LogP contribution in [0.15, 0.2) is 30.6 Å². The maximum absolute atomic E-state index is 14.1. The molecule has 0 saturated carbocycles. The summed E-state index contributed by atoms with van der Waals surface area (Å²) in [6.45, 7) is 1.35. The van der Waals surface area contributed by atoms with E-state index in [0.29, 0.717) is 30.2 Å². The zero-order valence-electron chi connectivity index (χ0n) is 13.0. The molecule has 23 heavy (non-hydrogen) atoms. The number of imidazole rings is 1. The first kappa shape index (κ1) is 15.5. The maximum Gasteiger partial charge on any atom is 0.147 e. The van der Waals surface area contributed by atoms with Crippen LogP contribution in [-0.4, -0.2) is 27.7 Å². The number of aliphatic hydroxyl groups excluding tert-OH is 1. The average molecular weight is 314 g/mol. The van der Waals surface area contributed by atoms with Crippen LogP contribution in [0.5, 0.6) is 0 Å². The van der Waals surface area contributed by atoms with Gasteiger partial charge in [0.05, 0.1) is 17.3 Å². The summed E-state index contributed by atoms with van der Waals surface area (Å²) in [5, 5.41) is 19.3. The molecule has 0 amide bonds. The average Bonchev–Trinajstić information content (AvgIpc) is 3.00. The van der Waals surface area contributed by atoms with E-state index in [0.717, 1.165) is 12.8 Å². The van der Waals surface area contributed by atoms with Crippen LogP contribution in [0.2, 0.25) is 0 Å². The van der Waals surface area contributed by atoms with Crippen LogP contribution in [0.1, 0.15) is 30.3 Å². The number of aryl methyl sites for hydroxylation is 1. The Hall–Kier alpha value is -2.39. The normalized spacial score (nSPS) is 17.0. The SMILES string of the molecule is Cn1ccnc1C(O)C1CCN(c2ccc(C#N)cc2F)CC1. The molecule has 1 aromatic carbocycles. The molecule has 1 saturated heterocycles. The summed E-state index contributed by atoms with van der Waals surface area (Å²) in [5.74, 6) is 0.425. The van der Waals surface area contributed by atoms with Gasteiger partial charge in [0.25, 0.3) is 0 Å². The first-order chi connectivity index (χ1) is 11.1. The van der Waals surface area contributed by atoms with Crippen molar-refractivity contribution in [3.05, 3.63) is 47.8 Å². The number of nitrogens with zero attached hydrogens (tertiary/aromatic N) is 4. The van der Waals surface area contributed by atoms with Crippen molar-refractivity contribution in [2.75, 3.05) is 18.0 Å². The molecule has 5 nitrogen and oxygen atoms in total. The van der Waals surface area contributed by atoms with E-state index in [4.69, 9.17) is 5.26 Å². The Balaban J connectivity index is 1.67. The first-order valence-electron chi connectivity index (χ1n) is 7.70. The third-order valence-corrected chi connectivity index (χ3v) is 4.53. The quantitative estimate of drug-likeness (QED) is 0.944. The molecule has 2 heterocycles. The third kappa shape index (κ3) is 3.06. The molecule has 0 spiro atoms. The molecule has 0 bridgehead atoms. The number of nitriles is 1. The molecule has 1 unspecified atom stereocenters. The second-order valence-electron chi connectivity index (χ2n) is 5.94. The van der Waals surface area contributed by atoms with Crippen molar-refractivity contribution >= 4 is 5.69 Å². The molecule has 120 valence electrons. The van der Waals surface area contributed by atoms with Crippen molar-refractivity contribution in [3.63, 3.8) is 0 Å². The van der Waals surface area contributed by atoms with E-state index in [1.165, 1.54) is 6.07 Å². The van der Waals surface area contributed by atoms with E-state index < -0.39 is 6.10 Å². The summed E-state index contributed by atoms with van der Waals surface area (Å²) in [7, 11) is 1.87. The molecule has 3 rings (SSSR count). The standard InChI is InChI=1S/C17H19FN4O/c1-21-9-6-20-17(21)16(23)13-4-7-22(8-5-13)15-3-2-12(11-19)10-14(15)18/h2-3,6,9-10,13,16,23H,4-5,7-8H2,1H3. The Morgan fingerprint density at radius 1 is 1.39 bits per heavy atom. The molecular weight excluding hydrogens is 295 g/mol. The number of piperidine rings is 1. The summed E-state index contributed by atoms with van der Waals surface area (Å²) in [4.78, 5) is 6.18. The third-order valence-electron chi connectivity index (χ3n) is 4.53. The van der Waals surface area contributed by atoms with Gasteiger partial charge >= 0.3 is 0 Å². The van der Waals surface area contributed by atoms with Gasteiger partial charge in [0.1, 0.15) is 17.7 Å². The molecule has 1 fully saturated rings. The summed E-state index contributed by atoms with van der Waals surface area (Å²) in [5.41, 5.74) is 0.847. The van der Waals surface area contributed by atoms with Crippen molar-refractivity contribution in [2.45, 2.75) is 18.9 Å². The number of hydrogen-bond acceptors (Lipinski definition) is 4. The largest absolute Gasteiger partial charge is 0.385 e. The molecule has 1 aromatic heterocycles. The van der Waals surface area contributed by atoms with Crippen LogP contribution in [0, 0.1) is 23.1 Å². The fraction of sp³-hybridized carbons (Fsp3) is 0.412. The lowest BCUT2D eigenvalue weighted by atomic mass is 9.90. The minimum absolute atomic E-state index is 0.119. The van der Waals surface area contributed by atoms with Crippen molar-refractivity contribution in [3.8, 4) is 6.07 Å². The van der Waals surface area contributed by atoms with Crippen molar-refractivity contribution in [2.24, 2.45) is 13.0 Å². The van der Waals surface area contributed by atoms with E-state index >= 15 is 0 Å². The molecule has 2 aromatic rings. The minimum atomic E-state index is -0.594. The lowest BCUT2D eigenvalue weighted by molar-refractivity contribution is 0.0824. The highest BCUT2D eigenvalue weighted by Gasteiger charge is 2.29. The van der Waals surface area contributed by atoms with E-state index in [1.54, 1.807) is 18.3 Å². The highest BCUT2D eigenvalue weighted by Crippen LogP contribution is 2.32. The molecular formula is C17H19FN4O. The number of aromatic nitrogens is 2. The van der Waals surface area contributed by atoms with Crippen molar-refractivity contribution in [1.29, 1.82) is 5.26 Å². The second-order valence-corrected chi connectivity index (χ2v) is 5.94. The first-order valence-corrected chi connectivity index (χ1v) is 7.70. The molecule has 0 aliphatic carbocycles. The van der Waals surface area contributed by atoms with Crippen molar-refractivity contribution < 1.29 is 9.50 Å². The number of halogens is 1. The van der Waals surface area contributed by atoms with Gasteiger partial charge in [0, 0.05) is 32.5 Å². The summed E-state index contributed by atoms with van der Waals surface area (Å²) < 4.78 is 15.9. The molecule has 6 heteroatoms. The van der Waals surface area contributed by atoms with Gasteiger partial charge in [0.15, 0.2) is 0 Å². The zero-order valence-corrected chi connectivity index (χ0v) is 13.0. The van der Waals surface area contributed by atoms with E-state index in [-0.39, 0.29) is 11.7 Å². The number of anilines is 1. The molecule has 1 atom stereocenters. The summed E-state index contributed by atoms with van der Waals surface area (Å²) in [6, 6.07) is 6.50. The lowest BCUT2D eigenvalue weighted by Crippen LogP contribution is -2.36. The van der Waals surface area contributed by atoms with Crippen LogP contribution < -0.4 is 4.90 Å². The van der Waals surface area contributed by atoms with Gasteiger partial charge in [-0.2, -0.15) is 5.26 Å². The molecule has 0 radical (unpaired) electrons. The lowest BCUT2D eigenvalue weighted by Gasteiger charge is -2.35. The summed E-state index contributed by atoms with van der Waals surface area (Å²) in [6.07, 6.45) is 4.45. The van der Waals surface area contributed by atoms with E-state index in [2.05, 4.69) is 4.98 Å². The van der Waals surface area contributed by atoms with Crippen LogP contribution in [0.4, 0.5) is 10.1 Å². The molecule has 1 N–H and O–H groups in total. The van der Waals surface area contributed by atoms with Crippen LogP contribution >= 0.6 is 0 Å². The van der Waals surface area contributed by atoms with Gasteiger partial charge in [-0.15, -0.1) is 0 Å². The van der Waals surface area contributed by atoms with Crippen LogP contribution in [-0.2, 0) is 7.05 Å². The Kier molecular flexibility index (Phi) is 4.30. The van der Waals surface area contributed by atoms with Gasteiger partial charge < -0.3 is 14.6 Å². The van der Waals surface area contributed by atoms with Crippen LogP contribution in [0.25, 0.3) is 0 Å². The van der Waals surface area contributed by atoms with Gasteiger partial charge in [-0.3, -0.25) is 0 Å². The Bertz CT molecular complexity index is 728. The Labute approximate surface area is 134 Å².